The molecule has 0 radical (unpaired) electrons. The Labute approximate surface area is 200 Å². The van der Waals surface area contributed by atoms with Gasteiger partial charge < -0.3 is 28.4 Å². The van der Waals surface area contributed by atoms with Crippen LogP contribution in [0.4, 0.5) is 0 Å². The number of methoxy groups -OCH3 is 5. The van der Waals surface area contributed by atoms with Gasteiger partial charge in [0.2, 0.25) is 5.75 Å². The number of carbonyl (C=O) groups is 2. The molecule has 3 atom stereocenters. The van der Waals surface area contributed by atoms with Crippen molar-refractivity contribution in [2.75, 3.05) is 42.2 Å². The lowest BCUT2D eigenvalue weighted by molar-refractivity contribution is -0.150. The zero-order valence-corrected chi connectivity index (χ0v) is 20.7. The molecule has 1 aliphatic rings. The molecule has 0 fully saturated rings. The number of esters is 1. The predicted molar refractivity (Wildman–Crippen MR) is 126 cm³/mol. The Morgan fingerprint density at radius 1 is 0.824 bits per heavy atom. The molecule has 1 aliphatic carbocycles. The van der Waals surface area contributed by atoms with Crippen molar-refractivity contribution in [1.82, 2.24) is 0 Å². The molecule has 0 saturated carbocycles. The topological polar surface area (TPSA) is 89.5 Å². The standard InChI is InChI=1S/C26H32O8/c1-8-9-34-26(28)22-14(2)24(27)17-13-19(30-4)18(29-3)12-16(17)23(22)15-10-20(31-5)25(33-7)21(11-15)32-6/h10-14,22-23H,8-9H2,1-7H3. The number of Topliss-reactive ketones (excluding diaryl/α,β-unsaturated/α-hetero) is 1. The summed E-state index contributed by atoms with van der Waals surface area (Å²) in [5.74, 6) is -0.259. The second-order valence-electron chi connectivity index (χ2n) is 8.08. The molecule has 184 valence electrons. The molecule has 0 aliphatic heterocycles. The molecule has 0 aromatic heterocycles. The molecule has 8 nitrogen and oxygen atoms in total. The van der Waals surface area contributed by atoms with Crippen molar-refractivity contribution in [2.24, 2.45) is 11.8 Å². The molecule has 0 heterocycles. The van der Waals surface area contributed by atoms with E-state index in [1.165, 1.54) is 35.5 Å². The van der Waals surface area contributed by atoms with E-state index in [1.807, 2.05) is 6.92 Å². The van der Waals surface area contributed by atoms with E-state index in [0.29, 0.717) is 46.3 Å². The molecule has 0 bridgehead atoms. The van der Waals surface area contributed by atoms with Gasteiger partial charge in [-0.15, -0.1) is 0 Å². The number of ether oxygens (including phenoxy) is 6. The minimum atomic E-state index is -0.757. The minimum Gasteiger partial charge on any atom is -0.493 e. The number of hydrogen-bond donors (Lipinski definition) is 0. The van der Waals surface area contributed by atoms with Crippen LogP contribution in [0.25, 0.3) is 0 Å². The first-order valence-corrected chi connectivity index (χ1v) is 11.1. The average molecular weight is 473 g/mol. The van der Waals surface area contributed by atoms with Gasteiger partial charge in [0.15, 0.2) is 28.8 Å². The third-order valence-electron chi connectivity index (χ3n) is 6.23. The van der Waals surface area contributed by atoms with Gasteiger partial charge in [0.25, 0.3) is 0 Å². The second-order valence-corrected chi connectivity index (χ2v) is 8.08. The van der Waals surface area contributed by atoms with Crippen LogP contribution in [0.5, 0.6) is 28.7 Å². The molecule has 3 unspecified atom stereocenters. The van der Waals surface area contributed by atoms with E-state index in [4.69, 9.17) is 28.4 Å². The van der Waals surface area contributed by atoms with E-state index >= 15 is 0 Å². The van der Waals surface area contributed by atoms with E-state index < -0.39 is 23.7 Å². The Kier molecular flexibility index (Phi) is 7.91. The number of hydrogen-bond acceptors (Lipinski definition) is 8. The van der Waals surface area contributed by atoms with E-state index in [1.54, 1.807) is 31.2 Å². The van der Waals surface area contributed by atoms with Crippen molar-refractivity contribution in [2.45, 2.75) is 26.2 Å². The number of fused-ring (bicyclic) bond motifs is 1. The number of carbonyl (C=O) groups excluding carboxylic acids is 2. The Morgan fingerprint density at radius 3 is 1.88 bits per heavy atom. The van der Waals surface area contributed by atoms with Crippen molar-refractivity contribution < 1.29 is 38.0 Å². The molecular formula is C26H32O8. The van der Waals surface area contributed by atoms with Gasteiger partial charge in [-0.1, -0.05) is 13.8 Å². The molecule has 2 aromatic carbocycles. The molecule has 2 aromatic rings. The van der Waals surface area contributed by atoms with Crippen molar-refractivity contribution in [1.29, 1.82) is 0 Å². The van der Waals surface area contributed by atoms with Crippen molar-refractivity contribution >= 4 is 11.8 Å². The Balaban J connectivity index is 2.32. The molecule has 3 rings (SSSR count). The van der Waals surface area contributed by atoms with Crippen molar-refractivity contribution in [3.05, 3.63) is 41.0 Å². The van der Waals surface area contributed by atoms with Gasteiger partial charge in [-0.2, -0.15) is 0 Å². The van der Waals surface area contributed by atoms with Crippen molar-refractivity contribution in [3.63, 3.8) is 0 Å². The zero-order valence-electron chi connectivity index (χ0n) is 20.7. The zero-order chi connectivity index (χ0) is 25.0. The third kappa shape index (κ3) is 4.36. The number of benzene rings is 2. The van der Waals surface area contributed by atoms with Crippen molar-refractivity contribution in [3.8, 4) is 28.7 Å². The van der Waals surface area contributed by atoms with E-state index in [0.717, 1.165) is 5.56 Å². The maximum absolute atomic E-state index is 13.4. The molecular weight excluding hydrogens is 440 g/mol. The van der Waals surface area contributed by atoms with Gasteiger partial charge >= 0.3 is 5.97 Å². The molecule has 0 amide bonds. The summed E-state index contributed by atoms with van der Waals surface area (Å²) >= 11 is 0. The SMILES string of the molecule is CCCOC(=O)C1C(C)C(=O)c2cc(OC)c(OC)cc2C1c1cc(OC)c(OC)c(OC)c1. The third-order valence-corrected chi connectivity index (χ3v) is 6.23. The Bertz CT molecular complexity index is 1040. The quantitative estimate of drug-likeness (QED) is 0.500. The second kappa shape index (κ2) is 10.7. The summed E-state index contributed by atoms with van der Waals surface area (Å²) in [6.07, 6.45) is 0.678. The van der Waals surface area contributed by atoms with Crippen LogP contribution in [-0.4, -0.2) is 53.9 Å². The highest BCUT2D eigenvalue weighted by Gasteiger charge is 2.46. The first kappa shape index (κ1) is 25.2. The summed E-state index contributed by atoms with van der Waals surface area (Å²) in [5, 5.41) is 0. The van der Waals surface area contributed by atoms with Crippen LogP contribution in [0.2, 0.25) is 0 Å². The maximum Gasteiger partial charge on any atom is 0.310 e. The average Bonchev–Trinajstić information content (AvgIpc) is 2.87. The molecule has 0 saturated heterocycles. The first-order chi connectivity index (χ1) is 16.4. The highest BCUT2D eigenvalue weighted by molar-refractivity contribution is 6.04. The Hall–Kier alpha value is -3.42. The summed E-state index contributed by atoms with van der Waals surface area (Å²) in [5.41, 5.74) is 1.85. The van der Waals surface area contributed by atoms with Crippen LogP contribution in [0, 0.1) is 11.8 Å². The van der Waals surface area contributed by atoms with Gasteiger partial charge in [-0.05, 0) is 41.8 Å². The predicted octanol–water partition coefficient (Wildman–Crippen LogP) is 4.26. The fourth-order valence-electron chi connectivity index (χ4n) is 4.56. The van der Waals surface area contributed by atoms with Crippen LogP contribution in [0.15, 0.2) is 24.3 Å². The van der Waals surface area contributed by atoms with Gasteiger partial charge in [-0.25, -0.2) is 0 Å². The lowest BCUT2D eigenvalue weighted by Crippen LogP contribution is -2.39. The van der Waals surface area contributed by atoms with Gasteiger partial charge in [0.05, 0.1) is 48.1 Å². The normalized spacial score (nSPS) is 19.1. The number of ketones is 1. The fourth-order valence-corrected chi connectivity index (χ4v) is 4.56. The lowest BCUT2D eigenvalue weighted by Gasteiger charge is -2.36. The summed E-state index contributed by atoms with van der Waals surface area (Å²) in [7, 11) is 7.63. The summed E-state index contributed by atoms with van der Waals surface area (Å²) in [6, 6.07) is 7.03. The highest BCUT2D eigenvalue weighted by Crippen LogP contribution is 2.50. The van der Waals surface area contributed by atoms with Gasteiger partial charge in [0.1, 0.15) is 0 Å². The Morgan fingerprint density at radius 2 is 1.38 bits per heavy atom. The minimum absolute atomic E-state index is 0.155. The lowest BCUT2D eigenvalue weighted by atomic mass is 9.66. The van der Waals surface area contributed by atoms with E-state index in [2.05, 4.69) is 0 Å². The molecule has 0 N–H and O–H groups in total. The first-order valence-electron chi connectivity index (χ1n) is 11.1. The smallest absolute Gasteiger partial charge is 0.310 e. The summed E-state index contributed by atoms with van der Waals surface area (Å²) in [6.45, 7) is 3.95. The van der Waals surface area contributed by atoms with E-state index in [9.17, 15) is 9.59 Å². The summed E-state index contributed by atoms with van der Waals surface area (Å²) in [4.78, 5) is 26.7. The molecule has 34 heavy (non-hydrogen) atoms. The van der Waals surface area contributed by atoms with Gasteiger partial charge in [0, 0.05) is 17.4 Å². The number of rotatable bonds is 9. The fraction of sp³-hybridized carbons (Fsp3) is 0.462. The largest absolute Gasteiger partial charge is 0.493 e. The van der Waals surface area contributed by atoms with E-state index in [-0.39, 0.29) is 12.4 Å². The van der Waals surface area contributed by atoms with Crippen LogP contribution < -0.4 is 23.7 Å². The maximum atomic E-state index is 13.4. The monoisotopic (exact) mass is 472 g/mol. The van der Waals surface area contributed by atoms with Crippen LogP contribution in [0.1, 0.15) is 47.7 Å². The summed E-state index contributed by atoms with van der Waals surface area (Å²) < 4.78 is 33.1. The van der Waals surface area contributed by atoms with Crippen LogP contribution in [0.3, 0.4) is 0 Å². The van der Waals surface area contributed by atoms with Crippen LogP contribution in [-0.2, 0) is 9.53 Å². The molecule has 0 spiro atoms. The van der Waals surface area contributed by atoms with Crippen LogP contribution >= 0.6 is 0 Å². The van der Waals surface area contributed by atoms with Gasteiger partial charge in [-0.3, -0.25) is 9.59 Å². The highest BCUT2D eigenvalue weighted by atomic mass is 16.5. The molecule has 8 heteroatoms.